The first-order valence-corrected chi connectivity index (χ1v) is 7.72. The highest BCUT2D eigenvalue weighted by atomic mass is 35.5. The Morgan fingerprint density at radius 2 is 1.85 bits per heavy atom. The fourth-order valence-electron chi connectivity index (χ4n) is 2.45. The molecule has 3 rings (SSSR count). The third kappa shape index (κ3) is 3.68. The van der Waals surface area contributed by atoms with E-state index in [0.29, 0.717) is 5.56 Å². The van der Waals surface area contributed by atoms with Gasteiger partial charge in [-0.3, -0.25) is 0 Å². The largest absolute Gasteiger partial charge is 0.478 e. The Kier molecular flexibility index (Phi) is 4.66. The van der Waals surface area contributed by atoms with Crippen molar-refractivity contribution in [2.45, 2.75) is 12.3 Å². The molecule has 0 amide bonds. The summed E-state index contributed by atoms with van der Waals surface area (Å²) in [4.78, 5) is 11.2. The summed E-state index contributed by atoms with van der Waals surface area (Å²) < 4.78 is 44.7. The molecule has 0 bridgehead atoms. The molecule has 2 aromatic rings. The third-order valence-electron chi connectivity index (χ3n) is 3.57. The van der Waals surface area contributed by atoms with Crippen LogP contribution in [0.25, 0.3) is 6.08 Å². The molecule has 0 saturated carbocycles. The predicted molar refractivity (Wildman–Crippen MR) is 90.0 cm³/mol. The number of ether oxygens (including phenoxy) is 1. The molecule has 0 saturated heterocycles. The van der Waals surface area contributed by atoms with Gasteiger partial charge in [0, 0.05) is 16.1 Å². The summed E-state index contributed by atoms with van der Waals surface area (Å²) in [6.45, 7) is 0. The highest BCUT2D eigenvalue weighted by molar-refractivity contribution is 6.31. The molecular formula is C19H10ClF3O3. The Morgan fingerprint density at radius 3 is 2.46 bits per heavy atom. The maximum atomic E-state index is 13.2. The minimum Gasteiger partial charge on any atom is -0.478 e. The molecule has 0 unspecified atom stereocenters. The molecule has 0 aliphatic carbocycles. The number of halogens is 4. The van der Waals surface area contributed by atoms with Crippen LogP contribution in [-0.4, -0.2) is 23.4 Å². The van der Waals surface area contributed by atoms with Crippen LogP contribution in [0.5, 0.6) is 5.75 Å². The second-order valence-corrected chi connectivity index (χ2v) is 5.87. The Labute approximate surface area is 151 Å². The van der Waals surface area contributed by atoms with Crippen LogP contribution in [0.2, 0.25) is 5.02 Å². The van der Waals surface area contributed by atoms with E-state index in [1.807, 2.05) is 6.07 Å². The molecule has 0 radical (unpaired) electrons. The van der Waals surface area contributed by atoms with E-state index in [2.05, 4.69) is 11.8 Å². The molecule has 26 heavy (non-hydrogen) atoms. The van der Waals surface area contributed by atoms with Crippen molar-refractivity contribution in [3.8, 4) is 17.6 Å². The Morgan fingerprint density at radius 1 is 1.15 bits per heavy atom. The van der Waals surface area contributed by atoms with Crippen molar-refractivity contribution in [3.05, 3.63) is 69.8 Å². The molecule has 7 heteroatoms. The van der Waals surface area contributed by atoms with Gasteiger partial charge in [-0.1, -0.05) is 41.6 Å². The van der Waals surface area contributed by atoms with Gasteiger partial charge in [0.05, 0.1) is 11.1 Å². The predicted octanol–water partition coefficient (Wildman–Crippen LogP) is 4.53. The first kappa shape index (κ1) is 17.9. The number of hydrogen-bond donors (Lipinski definition) is 1. The number of benzene rings is 2. The number of aliphatic carboxylic acids is 1. The standard InChI is InChI=1S/C19H10ClF3O3/c20-14-8-12(7-6-11-4-2-1-3-5-11)16-13(9-14)10-15(18(24)25)17(26-16)19(21,22)23/h1-5,8-10,17H,(H,24,25)/t17-/m0/s1. The minimum absolute atomic E-state index is 0.132. The van der Waals surface area contributed by atoms with Gasteiger partial charge in [0.25, 0.3) is 0 Å². The summed E-state index contributed by atoms with van der Waals surface area (Å²) >= 11 is 5.99. The topological polar surface area (TPSA) is 46.5 Å². The SMILES string of the molecule is O=C(O)C1=Cc2cc(Cl)cc(C#Cc3ccccc3)c2O[C@@H]1C(F)(F)F. The zero-order chi connectivity index (χ0) is 18.9. The van der Waals surface area contributed by atoms with E-state index in [0.717, 1.165) is 6.08 Å². The molecule has 1 N–H and O–H groups in total. The Hall–Kier alpha value is -2.91. The lowest BCUT2D eigenvalue weighted by atomic mass is 9.98. The lowest BCUT2D eigenvalue weighted by Crippen LogP contribution is -2.40. The van der Waals surface area contributed by atoms with Crippen LogP contribution in [0.1, 0.15) is 16.7 Å². The van der Waals surface area contributed by atoms with E-state index in [4.69, 9.17) is 21.4 Å². The van der Waals surface area contributed by atoms with Crippen molar-refractivity contribution < 1.29 is 27.8 Å². The van der Waals surface area contributed by atoms with Crippen LogP contribution in [-0.2, 0) is 4.79 Å². The second kappa shape index (κ2) is 6.77. The van der Waals surface area contributed by atoms with E-state index in [1.54, 1.807) is 24.3 Å². The normalized spacial score (nSPS) is 15.8. The van der Waals surface area contributed by atoms with E-state index in [-0.39, 0.29) is 21.9 Å². The van der Waals surface area contributed by atoms with Crippen LogP contribution >= 0.6 is 11.6 Å². The lowest BCUT2D eigenvalue weighted by Gasteiger charge is -2.27. The summed E-state index contributed by atoms with van der Waals surface area (Å²) in [6, 6.07) is 11.5. The molecule has 0 fully saturated rings. The summed E-state index contributed by atoms with van der Waals surface area (Å²) in [5.41, 5.74) is 0.0273. The lowest BCUT2D eigenvalue weighted by molar-refractivity contribution is -0.187. The van der Waals surface area contributed by atoms with Crippen molar-refractivity contribution in [1.82, 2.24) is 0 Å². The van der Waals surface area contributed by atoms with Gasteiger partial charge in [0.15, 0.2) is 0 Å². The molecule has 0 aromatic heterocycles. The van der Waals surface area contributed by atoms with E-state index < -0.39 is 23.8 Å². The van der Waals surface area contributed by atoms with Crippen LogP contribution in [0.15, 0.2) is 48.0 Å². The molecule has 1 atom stereocenters. The summed E-state index contributed by atoms with van der Waals surface area (Å²) in [7, 11) is 0. The number of carbonyl (C=O) groups is 1. The van der Waals surface area contributed by atoms with Crippen molar-refractivity contribution in [2.24, 2.45) is 0 Å². The smallest absolute Gasteiger partial charge is 0.430 e. The van der Waals surface area contributed by atoms with Crippen molar-refractivity contribution in [2.75, 3.05) is 0 Å². The van der Waals surface area contributed by atoms with Gasteiger partial charge in [0.1, 0.15) is 5.75 Å². The van der Waals surface area contributed by atoms with Crippen molar-refractivity contribution >= 4 is 23.6 Å². The molecular weight excluding hydrogens is 369 g/mol. The highest BCUT2D eigenvalue weighted by Crippen LogP contribution is 2.40. The van der Waals surface area contributed by atoms with Gasteiger partial charge in [-0.2, -0.15) is 13.2 Å². The van der Waals surface area contributed by atoms with Gasteiger partial charge in [0.2, 0.25) is 6.10 Å². The fraction of sp³-hybridized carbons (Fsp3) is 0.105. The number of alkyl halides is 3. The second-order valence-electron chi connectivity index (χ2n) is 5.43. The average Bonchev–Trinajstić information content (AvgIpc) is 2.58. The summed E-state index contributed by atoms with van der Waals surface area (Å²) in [6.07, 6.45) is -6.55. The van der Waals surface area contributed by atoms with Crippen LogP contribution in [0, 0.1) is 11.8 Å². The van der Waals surface area contributed by atoms with E-state index in [9.17, 15) is 18.0 Å². The molecule has 1 aliphatic rings. The zero-order valence-corrected chi connectivity index (χ0v) is 13.7. The van der Waals surface area contributed by atoms with Gasteiger partial charge < -0.3 is 9.84 Å². The Bertz CT molecular complexity index is 954. The van der Waals surface area contributed by atoms with Crippen molar-refractivity contribution in [1.29, 1.82) is 0 Å². The van der Waals surface area contributed by atoms with E-state index in [1.165, 1.54) is 12.1 Å². The Balaban J connectivity index is 2.13. The molecule has 1 heterocycles. The van der Waals surface area contributed by atoms with Gasteiger partial charge >= 0.3 is 12.1 Å². The highest BCUT2D eigenvalue weighted by Gasteiger charge is 2.48. The first-order chi connectivity index (χ1) is 12.3. The van der Waals surface area contributed by atoms with Gasteiger partial charge in [-0.15, -0.1) is 0 Å². The zero-order valence-electron chi connectivity index (χ0n) is 13.0. The van der Waals surface area contributed by atoms with Gasteiger partial charge in [-0.05, 0) is 30.3 Å². The fourth-order valence-corrected chi connectivity index (χ4v) is 2.68. The van der Waals surface area contributed by atoms with E-state index >= 15 is 0 Å². The summed E-state index contributed by atoms with van der Waals surface area (Å²) in [5.74, 6) is 3.70. The molecule has 132 valence electrons. The van der Waals surface area contributed by atoms with Crippen molar-refractivity contribution in [3.63, 3.8) is 0 Å². The number of fused-ring (bicyclic) bond motifs is 1. The summed E-state index contributed by atoms with van der Waals surface area (Å²) in [5, 5.41) is 9.28. The maximum absolute atomic E-state index is 13.2. The van der Waals surface area contributed by atoms with Gasteiger partial charge in [-0.25, -0.2) is 4.79 Å². The number of rotatable bonds is 1. The molecule has 1 aliphatic heterocycles. The quantitative estimate of drug-likeness (QED) is 0.741. The minimum atomic E-state index is -4.88. The molecule has 0 spiro atoms. The number of carboxylic acid groups (broad SMARTS) is 1. The first-order valence-electron chi connectivity index (χ1n) is 7.34. The maximum Gasteiger partial charge on any atom is 0.430 e. The van der Waals surface area contributed by atoms with Crippen LogP contribution < -0.4 is 4.74 Å². The number of carboxylic acids is 1. The third-order valence-corrected chi connectivity index (χ3v) is 3.79. The van der Waals surface area contributed by atoms with Crippen LogP contribution in [0.3, 0.4) is 0 Å². The molecule has 2 aromatic carbocycles. The average molecular weight is 379 g/mol. The monoisotopic (exact) mass is 378 g/mol. The number of hydrogen-bond acceptors (Lipinski definition) is 2. The van der Waals surface area contributed by atoms with Crippen LogP contribution in [0.4, 0.5) is 13.2 Å². The molecule has 3 nitrogen and oxygen atoms in total.